The molecule has 1 unspecified atom stereocenters. The molecule has 0 saturated heterocycles. The predicted molar refractivity (Wildman–Crippen MR) is 58.3 cm³/mol. The normalized spacial score (nSPS) is 20.4. The summed E-state index contributed by atoms with van der Waals surface area (Å²) in [6.07, 6.45) is 4.70. The van der Waals surface area contributed by atoms with Crippen molar-refractivity contribution in [3.63, 3.8) is 0 Å². The summed E-state index contributed by atoms with van der Waals surface area (Å²) in [5, 5.41) is 0. The van der Waals surface area contributed by atoms with Gasteiger partial charge >= 0.3 is 0 Å². The second kappa shape index (κ2) is 5.59. The number of allylic oxidation sites excluding steroid dienone is 1. The van der Waals surface area contributed by atoms with Crippen molar-refractivity contribution in [2.45, 2.75) is 38.7 Å². The van der Waals surface area contributed by atoms with Gasteiger partial charge in [0, 0.05) is 6.42 Å². The van der Waals surface area contributed by atoms with Gasteiger partial charge in [-0.1, -0.05) is 19.4 Å². The van der Waals surface area contributed by atoms with Gasteiger partial charge in [0.2, 0.25) is 5.78 Å². The Kier molecular flexibility index (Phi) is 4.40. The Morgan fingerprint density at radius 2 is 2.33 bits per heavy atom. The number of rotatable bonds is 6. The molecule has 84 valence electrons. The minimum Gasteiger partial charge on any atom is -0.468 e. The lowest BCUT2D eigenvalue weighted by molar-refractivity contribution is -0.122. The number of hydrogen-bond acceptors (Lipinski definition) is 3. The molecule has 15 heavy (non-hydrogen) atoms. The first-order valence-electron chi connectivity index (χ1n) is 5.33. The van der Waals surface area contributed by atoms with Crippen molar-refractivity contribution in [1.82, 2.24) is 0 Å². The van der Waals surface area contributed by atoms with Gasteiger partial charge in [0.05, 0.1) is 12.7 Å². The number of Topliss-reactive ketones (excluding diaryl/α,β-unsaturated/α-hetero) is 1. The first-order valence-corrected chi connectivity index (χ1v) is 5.33. The zero-order valence-electron chi connectivity index (χ0n) is 9.41. The fraction of sp³-hybridized carbons (Fsp3) is 0.583. The van der Waals surface area contributed by atoms with Crippen molar-refractivity contribution in [3.8, 4) is 0 Å². The highest BCUT2D eigenvalue weighted by Crippen LogP contribution is 2.27. The molecule has 0 N–H and O–H groups in total. The Bertz CT molecular complexity index is 279. The fourth-order valence-electron chi connectivity index (χ4n) is 1.63. The molecular weight excluding hydrogens is 192 g/mol. The highest BCUT2D eigenvalue weighted by Gasteiger charge is 2.34. The third-order valence-electron chi connectivity index (χ3n) is 2.44. The van der Waals surface area contributed by atoms with E-state index in [0.717, 1.165) is 19.3 Å². The fourth-order valence-corrected chi connectivity index (χ4v) is 1.63. The minimum absolute atomic E-state index is 0.0557. The van der Waals surface area contributed by atoms with Crippen molar-refractivity contribution in [3.05, 3.63) is 24.2 Å². The molecule has 0 spiro atoms. The highest BCUT2D eigenvalue weighted by atomic mass is 16.7. The molecule has 0 saturated carbocycles. The van der Waals surface area contributed by atoms with Crippen LogP contribution in [0.1, 0.15) is 32.6 Å². The van der Waals surface area contributed by atoms with E-state index in [1.54, 1.807) is 6.08 Å². The summed E-state index contributed by atoms with van der Waals surface area (Å²) in [4.78, 5) is 11.9. The van der Waals surface area contributed by atoms with E-state index in [1.165, 1.54) is 7.11 Å². The number of carbonyl (C=O) groups is 1. The van der Waals surface area contributed by atoms with Crippen LogP contribution < -0.4 is 0 Å². The van der Waals surface area contributed by atoms with E-state index >= 15 is 0 Å². The number of methoxy groups -OCH3 is 1. The van der Waals surface area contributed by atoms with Gasteiger partial charge in [-0.15, -0.1) is 6.58 Å². The number of ketones is 1. The molecule has 0 aromatic rings. The quantitative estimate of drug-likeness (QED) is 0.632. The van der Waals surface area contributed by atoms with Crippen LogP contribution in [0.15, 0.2) is 24.2 Å². The van der Waals surface area contributed by atoms with E-state index in [4.69, 9.17) is 9.47 Å². The first kappa shape index (κ1) is 11.8. The van der Waals surface area contributed by atoms with Crippen LogP contribution in [0, 0.1) is 0 Å². The molecule has 0 amide bonds. The standard InChI is InChI=1S/C12H18O3/c1-4-6-8-10-11(13)9(7-5-2)12(14-3)15-10/h5,10H,2,4,6-8H2,1,3H3. The molecular formula is C12H18O3. The third-order valence-corrected chi connectivity index (χ3v) is 2.44. The lowest BCUT2D eigenvalue weighted by atomic mass is 10.0. The van der Waals surface area contributed by atoms with Gasteiger partial charge < -0.3 is 9.47 Å². The molecule has 0 aromatic heterocycles. The second-order valence-electron chi connectivity index (χ2n) is 3.58. The van der Waals surface area contributed by atoms with Crippen molar-refractivity contribution in [2.24, 2.45) is 0 Å². The van der Waals surface area contributed by atoms with E-state index in [1.807, 2.05) is 0 Å². The Hall–Kier alpha value is -1.25. The van der Waals surface area contributed by atoms with Crippen molar-refractivity contribution in [2.75, 3.05) is 7.11 Å². The SMILES string of the molecule is C=CCC1=C(OC)OC(CCCC)C1=O. The van der Waals surface area contributed by atoms with Crippen molar-refractivity contribution < 1.29 is 14.3 Å². The number of unbranched alkanes of at least 4 members (excludes halogenated alkanes) is 1. The summed E-state index contributed by atoms with van der Waals surface area (Å²) < 4.78 is 10.5. The molecule has 1 atom stereocenters. The van der Waals surface area contributed by atoms with Crippen LogP contribution in [0.5, 0.6) is 0 Å². The van der Waals surface area contributed by atoms with Crippen LogP contribution in [-0.4, -0.2) is 19.0 Å². The second-order valence-corrected chi connectivity index (χ2v) is 3.58. The molecule has 0 fully saturated rings. The Morgan fingerprint density at radius 1 is 1.60 bits per heavy atom. The monoisotopic (exact) mass is 210 g/mol. The van der Waals surface area contributed by atoms with Gasteiger partial charge in [0.1, 0.15) is 0 Å². The van der Waals surface area contributed by atoms with Gasteiger partial charge in [-0.3, -0.25) is 4.79 Å². The molecule has 1 rings (SSSR count). The topological polar surface area (TPSA) is 35.5 Å². The Labute approximate surface area is 90.8 Å². The maximum atomic E-state index is 11.9. The van der Waals surface area contributed by atoms with Crippen molar-refractivity contribution >= 4 is 5.78 Å². The summed E-state index contributed by atoms with van der Waals surface area (Å²) in [5.74, 6) is 0.432. The van der Waals surface area contributed by atoms with Gasteiger partial charge in [0.15, 0.2) is 6.10 Å². The molecule has 0 aliphatic carbocycles. The first-order chi connectivity index (χ1) is 7.24. The van der Waals surface area contributed by atoms with E-state index < -0.39 is 0 Å². The molecule has 3 heteroatoms. The smallest absolute Gasteiger partial charge is 0.287 e. The van der Waals surface area contributed by atoms with Gasteiger partial charge in [-0.2, -0.15) is 0 Å². The van der Waals surface area contributed by atoms with Gasteiger partial charge in [-0.25, -0.2) is 0 Å². The molecule has 1 aliphatic heterocycles. The molecule has 0 aromatic carbocycles. The number of carbonyl (C=O) groups excluding carboxylic acids is 1. The maximum absolute atomic E-state index is 11.9. The van der Waals surface area contributed by atoms with Crippen molar-refractivity contribution in [1.29, 1.82) is 0 Å². The summed E-state index contributed by atoms with van der Waals surface area (Å²) in [6, 6.07) is 0. The number of hydrogen-bond donors (Lipinski definition) is 0. The summed E-state index contributed by atoms with van der Waals surface area (Å²) in [6.45, 7) is 5.71. The lowest BCUT2D eigenvalue weighted by Gasteiger charge is -2.09. The van der Waals surface area contributed by atoms with Crippen LogP contribution in [0.4, 0.5) is 0 Å². The summed E-state index contributed by atoms with van der Waals surface area (Å²) >= 11 is 0. The molecule has 1 aliphatic rings. The molecule has 0 radical (unpaired) electrons. The van der Waals surface area contributed by atoms with Crippen LogP contribution >= 0.6 is 0 Å². The average Bonchev–Trinajstić information content (AvgIpc) is 2.54. The van der Waals surface area contributed by atoms with E-state index in [9.17, 15) is 4.79 Å². The lowest BCUT2D eigenvalue weighted by Crippen LogP contribution is -2.18. The van der Waals surface area contributed by atoms with Gasteiger partial charge in [-0.05, 0) is 12.8 Å². The van der Waals surface area contributed by atoms with E-state index in [2.05, 4.69) is 13.5 Å². The Balaban J connectivity index is 2.67. The zero-order chi connectivity index (χ0) is 11.3. The van der Waals surface area contributed by atoms with E-state index in [-0.39, 0.29) is 11.9 Å². The van der Waals surface area contributed by atoms with Crippen LogP contribution in [0.3, 0.4) is 0 Å². The summed E-state index contributed by atoms with van der Waals surface area (Å²) in [5.41, 5.74) is 0.619. The predicted octanol–water partition coefficient (Wildman–Crippen LogP) is 2.58. The minimum atomic E-state index is -0.338. The summed E-state index contributed by atoms with van der Waals surface area (Å²) in [7, 11) is 1.52. The maximum Gasteiger partial charge on any atom is 0.287 e. The molecule has 1 heterocycles. The number of ether oxygens (including phenoxy) is 2. The van der Waals surface area contributed by atoms with E-state index in [0.29, 0.717) is 17.9 Å². The zero-order valence-corrected chi connectivity index (χ0v) is 9.41. The average molecular weight is 210 g/mol. The van der Waals surface area contributed by atoms with Gasteiger partial charge in [0.25, 0.3) is 5.95 Å². The third kappa shape index (κ3) is 2.61. The van der Waals surface area contributed by atoms with Crippen LogP contribution in [0.25, 0.3) is 0 Å². The highest BCUT2D eigenvalue weighted by molar-refractivity contribution is 6.01. The van der Waals surface area contributed by atoms with Crippen LogP contribution in [0.2, 0.25) is 0 Å². The Morgan fingerprint density at radius 3 is 2.87 bits per heavy atom. The molecule has 0 bridgehead atoms. The largest absolute Gasteiger partial charge is 0.468 e. The molecule has 3 nitrogen and oxygen atoms in total. The van der Waals surface area contributed by atoms with Crippen LogP contribution in [-0.2, 0) is 14.3 Å².